The van der Waals surface area contributed by atoms with E-state index >= 15 is 0 Å². The van der Waals surface area contributed by atoms with E-state index in [1.54, 1.807) is 0 Å². The molecule has 244 valence electrons. The standard InChI is InChI=1S/C22H40N4O2.2C2HF3O2/c1-22(2,3)15-18-20(27)26(13-10-24-18)19(14-17-4-5-17)21(28)25-11-7-16(6-9-23)8-12-25;2*3-2(4,5)1(6)7/h16-19,24H,4-15,23H2,1-3H3;2*(H,6,7)/t18-,19-;;/m0../s1. The Labute approximate surface area is 240 Å². The van der Waals surface area contributed by atoms with Crippen LogP contribution in [0.5, 0.6) is 0 Å². The highest BCUT2D eigenvalue weighted by molar-refractivity contribution is 5.90. The molecule has 1 saturated carbocycles. The van der Waals surface area contributed by atoms with Gasteiger partial charge in [-0.25, -0.2) is 9.59 Å². The lowest BCUT2D eigenvalue weighted by Crippen LogP contribution is -2.62. The molecule has 2 amide bonds. The molecule has 2 atom stereocenters. The van der Waals surface area contributed by atoms with Gasteiger partial charge in [-0.05, 0) is 55.9 Å². The Bertz CT molecular complexity index is 888. The summed E-state index contributed by atoms with van der Waals surface area (Å²) in [5.41, 5.74) is 5.78. The molecule has 5 N–H and O–H groups in total. The number of piperidine rings is 1. The van der Waals surface area contributed by atoms with E-state index in [1.165, 1.54) is 12.8 Å². The predicted octanol–water partition coefficient (Wildman–Crippen LogP) is 3.25. The van der Waals surface area contributed by atoms with Gasteiger partial charge in [-0.2, -0.15) is 26.3 Å². The molecule has 2 heterocycles. The molecule has 16 heteroatoms. The lowest BCUT2D eigenvalue weighted by atomic mass is 9.86. The molecule has 0 spiro atoms. The van der Waals surface area contributed by atoms with Gasteiger partial charge in [-0.15, -0.1) is 0 Å². The third kappa shape index (κ3) is 13.6. The average molecular weight is 621 g/mol. The first kappa shape index (κ1) is 37.4. The summed E-state index contributed by atoms with van der Waals surface area (Å²) in [7, 11) is 0. The van der Waals surface area contributed by atoms with E-state index < -0.39 is 24.3 Å². The summed E-state index contributed by atoms with van der Waals surface area (Å²) in [5.74, 6) is -3.94. The van der Waals surface area contributed by atoms with Gasteiger partial charge in [0.1, 0.15) is 6.04 Å². The second-order valence-electron chi connectivity index (χ2n) is 11.9. The molecular weight excluding hydrogens is 578 g/mol. The number of likely N-dealkylation sites (tertiary alicyclic amines) is 1. The number of piperazine rings is 1. The van der Waals surface area contributed by atoms with Gasteiger partial charge in [0.25, 0.3) is 0 Å². The second kappa shape index (κ2) is 15.7. The number of rotatable bonds is 7. The first-order valence-corrected chi connectivity index (χ1v) is 13.8. The fourth-order valence-electron chi connectivity index (χ4n) is 4.76. The zero-order valence-electron chi connectivity index (χ0n) is 24.1. The fraction of sp³-hybridized carbons (Fsp3) is 0.846. The van der Waals surface area contributed by atoms with Crippen LogP contribution in [0.15, 0.2) is 0 Å². The molecule has 0 aromatic rings. The lowest BCUT2D eigenvalue weighted by Gasteiger charge is -2.42. The van der Waals surface area contributed by atoms with Gasteiger partial charge >= 0.3 is 24.3 Å². The molecule has 1 aliphatic carbocycles. The molecule has 0 bridgehead atoms. The van der Waals surface area contributed by atoms with Crippen molar-refractivity contribution in [2.45, 2.75) is 90.2 Å². The van der Waals surface area contributed by atoms with Crippen molar-refractivity contribution in [1.29, 1.82) is 0 Å². The third-order valence-corrected chi connectivity index (χ3v) is 7.04. The fourth-order valence-corrected chi connectivity index (χ4v) is 4.76. The number of carboxylic acid groups (broad SMARTS) is 2. The summed E-state index contributed by atoms with van der Waals surface area (Å²) < 4.78 is 63.5. The molecule has 3 aliphatic rings. The summed E-state index contributed by atoms with van der Waals surface area (Å²) in [6.07, 6.45) is -2.98. The maximum Gasteiger partial charge on any atom is 0.490 e. The van der Waals surface area contributed by atoms with Crippen LogP contribution in [0.3, 0.4) is 0 Å². The highest BCUT2D eigenvalue weighted by Gasteiger charge is 2.42. The van der Waals surface area contributed by atoms with E-state index in [0.29, 0.717) is 18.4 Å². The lowest BCUT2D eigenvalue weighted by molar-refractivity contribution is -0.193. The molecule has 3 rings (SSSR count). The van der Waals surface area contributed by atoms with Gasteiger partial charge < -0.3 is 31.1 Å². The molecule has 10 nitrogen and oxygen atoms in total. The highest BCUT2D eigenvalue weighted by atomic mass is 19.4. The van der Waals surface area contributed by atoms with Crippen molar-refractivity contribution in [3.63, 3.8) is 0 Å². The number of carboxylic acids is 2. The molecule has 0 unspecified atom stereocenters. The van der Waals surface area contributed by atoms with E-state index in [2.05, 4.69) is 26.1 Å². The average Bonchev–Trinajstić information content (AvgIpc) is 3.67. The first-order valence-electron chi connectivity index (χ1n) is 13.8. The quantitative estimate of drug-likeness (QED) is 0.317. The Balaban J connectivity index is 0.000000522. The first-order chi connectivity index (χ1) is 19.2. The minimum atomic E-state index is -5.08. The number of nitrogens with one attached hydrogen (secondary N) is 1. The Morgan fingerprint density at radius 2 is 1.38 bits per heavy atom. The molecule has 0 aromatic heterocycles. The van der Waals surface area contributed by atoms with E-state index in [4.69, 9.17) is 25.5 Å². The van der Waals surface area contributed by atoms with Crippen LogP contribution < -0.4 is 11.1 Å². The van der Waals surface area contributed by atoms with E-state index in [-0.39, 0.29) is 29.3 Å². The number of carbonyl (C=O) groups excluding carboxylic acids is 2. The summed E-state index contributed by atoms with van der Waals surface area (Å²) >= 11 is 0. The number of nitrogens with two attached hydrogens (primary N) is 1. The van der Waals surface area contributed by atoms with Crippen molar-refractivity contribution in [1.82, 2.24) is 15.1 Å². The third-order valence-electron chi connectivity index (χ3n) is 7.04. The van der Waals surface area contributed by atoms with Crippen molar-refractivity contribution in [2.24, 2.45) is 23.0 Å². The van der Waals surface area contributed by atoms with Crippen molar-refractivity contribution in [3.05, 3.63) is 0 Å². The Morgan fingerprint density at radius 3 is 1.76 bits per heavy atom. The minimum Gasteiger partial charge on any atom is -0.475 e. The molecule has 2 saturated heterocycles. The molecular formula is C26H42F6N4O6. The zero-order chi connectivity index (χ0) is 32.5. The van der Waals surface area contributed by atoms with Crippen LogP contribution in [0.2, 0.25) is 0 Å². The molecule has 0 radical (unpaired) electrons. The summed E-state index contributed by atoms with van der Waals surface area (Å²) in [5, 5.41) is 17.6. The minimum absolute atomic E-state index is 0.0806. The molecule has 2 aliphatic heterocycles. The normalized spacial score (nSPS) is 21.0. The number of carbonyl (C=O) groups is 4. The number of hydrogen-bond acceptors (Lipinski definition) is 6. The van der Waals surface area contributed by atoms with E-state index in [1.807, 2.05) is 9.80 Å². The molecule has 3 fully saturated rings. The number of hydrogen-bond donors (Lipinski definition) is 4. The Morgan fingerprint density at radius 1 is 0.905 bits per heavy atom. The maximum absolute atomic E-state index is 13.4. The summed E-state index contributed by atoms with van der Waals surface area (Å²) in [6, 6.07) is -0.436. The van der Waals surface area contributed by atoms with Crippen molar-refractivity contribution < 1.29 is 55.7 Å². The van der Waals surface area contributed by atoms with Crippen molar-refractivity contribution in [3.8, 4) is 0 Å². The van der Waals surface area contributed by atoms with Crippen molar-refractivity contribution in [2.75, 3.05) is 32.7 Å². The highest BCUT2D eigenvalue weighted by Crippen LogP contribution is 2.36. The monoisotopic (exact) mass is 620 g/mol. The van der Waals surface area contributed by atoms with Gasteiger partial charge in [0.2, 0.25) is 11.8 Å². The van der Waals surface area contributed by atoms with Gasteiger partial charge in [0, 0.05) is 26.2 Å². The van der Waals surface area contributed by atoms with Crippen LogP contribution in [0.25, 0.3) is 0 Å². The van der Waals surface area contributed by atoms with Gasteiger partial charge in [-0.1, -0.05) is 33.6 Å². The second-order valence-corrected chi connectivity index (χ2v) is 11.9. The van der Waals surface area contributed by atoms with Crippen LogP contribution in [0, 0.1) is 17.3 Å². The predicted molar refractivity (Wildman–Crippen MR) is 139 cm³/mol. The molecule has 42 heavy (non-hydrogen) atoms. The van der Waals surface area contributed by atoms with E-state index in [9.17, 15) is 35.9 Å². The van der Waals surface area contributed by atoms with Crippen LogP contribution >= 0.6 is 0 Å². The topological polar surface area (TPSA) is 153 Å². The van der Waals surface area contributed by atoms with Crippen LogP contribution in [0.4, 0.5) is 26.3 Å². The summed E-state index contributed by atoms with van der Waals surface area (Å²) in [6.45, 7) is 10.3. The largest absolute Gasteiger partial charge is 0.490 e. The van der Waals surface area contributed by atoms with E-state index in [0.717, 1.165) is 58.3 Å². The maximum atomic E-state index is 13.4. The van der Waals surface area contributed by atoms with Crippen LogP contribution in [-0.2, 0) is 19.2 Å². The van der Waals surface area contributed by atoms with Gasteiger partial charge in [-0.3, -0.25) is 9.59 Å². The van der Waals surface area contributed by atoms with Gasteiger partial charge in [0.15, 0.2) is 0 Å². The van der Waals surface area contributed by atoms with Crippen molar-refractivity contribution >= 4 is 23.8 Å². The zero-order valence-corrected chi connectivity index (χ0v) is 24.1. The smallest absolute Gasteiger partial charge is 0.475 e. The van der Waals surface area contributed by atoms with Crippen LogP contribution in [0.1, 0.15) is 65.7 Å². The molecule has 0 aromatic carbocycles. The number of halogens is 6. The van der Waals surface area contributed by atoms with Crippen LogP contribution in [-0.4, -0.2) is 101 Å². The SMILES string of the molecule is CC(C)(C)C[C@@H]1NCCN([C@@H](CC2CC2)C(=O)N2CCC(CCN)CC2)C1=O.O=C(O)C(F)(F)F.O=C(O)C(F)(F)F. The Hall–Kier alpha value is -2.62. The number of nitrogens with zero attached hydrogens (tertiary/aromatic N) is 2. The number of alkyl halides is 6. The summed E-state index contributed by atoms with van der Waals surface area (Å²) in [4.78, 5) is 48.4. The Kier molecular flexibility index (Phi) is 14.0. The number of aliphatic carboxylic acids is 2. The van der Waals surface area contributed by atoms with Gasteiger partial charge in [0.05, 0.1) is 6.04 Å². The number of amides is 2.